The van der Waals surface area contributed by atoms with E-state index in [1.165, 1.54) is 0 Å². The minimum atomic E-state index is -0.234. The van der Waals surface area contributed by atoms with E-state index >= 15 is 0 Å². The summed E-state index contributed by atoms with van der Waals surface area (Å²) in [5.41, 5.74) is 3.42. The maximum absolute atomic E-state index is 12.8. The standard InChI is InChI=1S/C26H29N5O4/c1-31(2)18-8-4-17(5-9-18)25(32)28-21-14-34-24-22(15-35-23(21)24)30-26-27-13-12-20(29-26)16-6-10-19(33-3)11-7-16/h4-13,21-24H,14-15H2,1-3H3,(H,28,32)(H,27,29,30)/t21-,22-,23+,24+/m0/s1. The van der Waals surface area contributed by atoms with E-state index in [0.29, 0.717) is 24.7 Å². The monoisotopic (exact) mass is 475 g/mol. The number of amides is 1. The summed E-state index contributed by atoms with van der Waals surface area (Å²) in [5, 5.41) is 6.42. The van der Waals surface area contributed by atoms with Crippen molar-refractivity contribution in [2.75, 3.05) is 44.6 Å². The quantitative estimate of drug-likeness (QED) is 0.538. The fourth-order valence-electron chi connectivity index (χ4n) is 4.43. The third kappa shape index (κ3) is 4.91. The number of benzene rings is 2. The normalized spacial score (nSPS) is 22.9. The van der Waals surface area contributed by atoms with Gasteiger partial charge in [-0.1, -0.05) is 0 Å². The van der Waals surface area contributed by atoms with Gasteiger partial charge < -0.3 is 29.7 Å². The summed E-state index contributed by atoms with van der Waals surface area (Å²) in [5.74, 6) is 1.16. The lowest BCUT2D eigenvalue weighted by Crippen LogP contribution is -2.44. The first-order valence-corrected chi connectivity index (χ1v) is 11.6. The molecule has 4 atom stereocenters. The van der Waals surface area contributed by atoms with E-state index in [1.54, 1.807) is 13.3 Å². The Labute approximate surface area is 204 Å². The summed E-state index contributed by atoms with van der Waals surface area (Å²) in [6, 6.07) is 16.7. The number of nitrogens with zero attached hydrogens (tertiary/aromatic N) is 3. The number of hydrogen-bond acceptors (Lipinski definition) is 8. The van der Waals surface area contributed by atoms with Gasteiger partial charge in [0, 0.05) is 37.1 Å². The van der Waals surface area contributed by atoms with E-state index in [-0.39, 0.29) is 30.2 Å². The smallest absolute Gasteiger partial charge is 0.251 e. The molecule has 0 aliphatic carbocycles. The molecule has 9 heteroatoms. The molecule has 0 spiro atoms. The van der Waals surface area contributed by atoms with Crippen LogP contribution in [0.3, 0.4) is 0 Å². The fourth-order valence-corrected chi connectivity index (χ4v) is 4.43. The van der Waals surface area contributed by atoms with E-state index < -0.39 is 0 Å². The van der Waals surface area contributed by atoms with Crippen molar-refractivity contribution in [3.8, 4) is 17.0 Å². The van der Waals surface area contributed by atoms with Crippen LogP contribution in [-0.4, -0.2) is 74.6 Å². The molecule has 0 radical (unpaired) electrons. The zero-order valence-corrected chi connectivity index (χ0v) is 20.0. The second-order valence-electron chi connectivity index (χ2n) is 8.86. The van der Waals surface area contributed by atoms with E-state index in [2.05, 4.69) is 20.6 Å². The Balaban J connectivity index is 1.21. The lowest BCUT2D eigenvalue weighted by Gasteiger charge is -2.19. The molecule has 9 nitrogen and oxygen atoms in total. The highest BCUT2D eigenvalue weighted by atomic mass is 16.6. The largest absolute Gasteiger partial charge is 0.497 e. The van der Waals surface area contributed by atoms with Gasteiger partial charge in [-0.15, -0.1) is 0 Å². The van der Waals surface area contributed by atoms with Gasteiger partial charge in [-0.2, -0.15) is 0 Å². The molecule has 35 heavy (non-hydrogen) atoms. The van der Waals surface area contributed by atoms with Gasteiger partial charge in [-0.25, -0.2) is 9.97 Å². The molecule has 0 bridgehead atoms. The minimum Gasteiger partial charge on any atom is -0.497 e. The van der Waals surface area contributed by atoms with E-state index in [9.17, 15) is 4.79 Å². The van der Waals surface area contributed by atoms with Crippen molar-refractivity contribution < 1.29 is 19.0 Å². The van der Waals surface area contributed by atoms with Crippen LogP contribution in [0.15, 0.2) is 60.8 Å². The van der Waals surface area contributed by atoms with Crippen LogP contribution in [0.4, 0.5) is 11.6 Å². The number of carbonyl (C=O) groups excluding carboxylic acids is 1. The molecule has 2 aromatic carbocycles. The molecule has 2 aliphatic heterocycles. The Bertz CT molecular complexity index is 1170. The van der Waals surface area contributed by atoms with Crippen molar-refractivity contribution >= 4 is 17.5 Å². The molecular formula is C26H29N5O4. The van der Waals surface area contributed by atoms with Gasteiger partial charge in [0.15, 0.2) is 0 Å². The maximum Gasteiger partial charge on any atom is 0.251 e. The highest BCUT2D eigenvalue weighted by Gasteiger charge is 2.48. The van der Waals surface area contributed by atoms with Crippen molar-refractivity contribution in [2.45, 2.75) is 24.3 Å². The first kappa shape index (κ1) is 23.1. The van der Waals surface area contributed by atoms with Gasteiger partial charge in [0.05, 0.1) is 38.1 Å². The number of carbonyl (C=O) groups is 1. The Morgan fingerprint density at radius 2 is 1.66 bits per heavy atom. The zero-order valence-electron chi connectivity index (χ0n) is 20.0. The van der Waals surface area contributed by atoms with E-state index in [1.807, 2.05) is 73.6 Å². The number of nitrogens with one attached hydrogen (secondary N) is 2. The summed E-state index contributed by atoms with van der Waals surface area (Å²) < 4.78 is 17.3. The number of anilines is 2. The molecular weight excluding hydrogens is 446 g/mol. The Hall–Kier alpha value is -3.69. The number of aromatic nitrogens is 2. The molecule has 3 heterocycles. The molecule has 1 aromatic heterocycles. The number of fused-ring (bicyclic) bond motifs is 1. The van der Waals surface area contributed by atoms with E-state index in [4.69, 9.17) is 14.2 Å². The number of ether oxygens (including phenoxy) is 3. The lowest BCUT2D eigenvalue weighted by atomic mass is 10.1. The lowest BCUT2D eigenvalue weighted by molar-refractivity contribution is 0.0652. The Morgan fingerprint density at radius 3 is 2.34 bits per heavy atom. The molecule has 2 N–H and O–H groups in total. The van der Waals surface area contributed by atoms with Crippen LogP contribution in [0.2, 0.25) is 0 Å². The van der Waals surface area contributed by atoms with Gasteiger partial charge >= 0.3 is 0 Å². The molecule has 5 rings (SSSR count). The Kier molecular flexibility index (Phi) is 6.52. The van der Waals surface area contributed by atoms with Crippen molar-refractivity contribution in [2.24, 2.45) is 0 Å². The number of rotatable bonds is 7. The van der Waals surface area contributed by atoms with Gasteiger partial charge in [0.2, 0.25) is 5.95 Å². The van der Waals surface area contributed by atoms with Crippen LogP contribution >= 0.6 is 0 Å². The minimum absolute atomic E-state index is 0.118. The second kappa shape index (κ2) is 9.89. The highest BCUT2D eigenvalue weighted by molar-refractivity contribution is 5.94. The molecule has 2 aliphatic rings. The van der Waals surface area contributed by atoms with Crippen molar-refractivity contribution in [1.82, 2.24) is 15.3 Å². The van der Waals surface area contributed by atoms with E-state index in [0.717, 1.165) is 22.7 Å². The van der Waals surface area contributed by atoms with Gasteiger partial charge in [0.25, 0.3) is 5.91 Å². The van der Waals surface area contributed by atoms with Crippen LogP contribution in [-0.2, 0) is 9.47 Å². The molecule has 1 amide bonds. The molecule has 182 valence electrons. The second-order valence-corrected chi connectivity index (χ2v) is 8.86. The zero-order chi connectivity index (χ0) is 24.4. The third-order valence-electron chi connectivity index (χ3n) is 6.37. The Morgan fingerprint density at radius 1 is 0.971 bits per heavy atom. The summed E-state index contributed by atoms with van der Waals surface area (Å²) in [6.45, 7) is 0.830. The van der Waals surface area contributed by atoms with Crippen LogP contribution in [0.1, 0.15) is 10.4 Å². The molecule has 3 aromatic rings. The molecule has 0 saturated carbocycles. The van der Waals surface area contributed by atoms with Crippen LogP contribution < -0.4 is 20.3 Å². The van der Waals surface area contributed by atoms with Crippen LogP contribution in [0.5, 0.6) is 5.75 Å². The van der Waals surface area contributed by atoms with Gasteiger partial charge in [-0.3, -0.25) is 4.79 Å². The predicted octanol–water partition coefficient (Wildman–Crippen LogP) is 2.59. The molecule has 2 saturated heterocycles. The fraction of sp³-hybridized carbons (Fsp3) is 0.346. The SMILES string of the molecule is COc1ccc(-c2ccnc(N[C@H]3CO[C@H]4[C@@H]3OC[C@@H]4NC(=O)c3ccc(N(C)C)cc3)n2)cc1. The van der Waals surface area contributed by atoms with Crippen molar-refractivity contribution in [3.05, 3.63) is 66.4 Å². The number of methoxy groups -OCH3 is 1. The topological polar surface area (TPSA) is 97.8 Å². The maximum atomic E-state index is 12.8. The van der Waals surface area contributed by atoms with Gasteiger partial charge in [-0.05, 0) is 54.6 Å². The van der Waals surface area contributed by atoms with Crippen molar-refractivity contribution in [1.29, 1.82) is 0 Å². The average molecular weight is 476 g/mol. The average Bonchev–Trinajstić information content (AvgIpc) is 3.47. The first-order valence-electron chi connectivity index (χ1n) is 11.6. The van der Waals surface area contributed by atoms with Crippen molar-refractivity contribution in [3.63, 3.8) is 0 Å². The number of hydrogen-bond donors (Lipinski definition) is 2. The van der Waals surface area contributed by atoms with Crippen LogP contribution in [0.25, 0.3) is 11.3 Å². The van der Waals surface area contributed by atoms with Gasteiger partial charge in [0.1, 0.15) is 18.0 Å². The summed E-state index contributed by atoms with van der Waals surface area (Å²) in [4.78, 5) is 23.8. The summed E-state index contributed by atoms with van der Waals surface area (Å²) in [6.07, 6.45) is 1.29. The third-order valence-corrected chi connectivity index (χ3v) is 6.37. The molecule has 0 unspecified atom stereocenters. The molecule has 2 fully saturated rings. The first-order chi connectivity index (χ1) is 17.0. The highest BCUT2D eigenvalue weighted by Crippen LogP contribution is 2.29. The predicted molar refractivity (Wildman–Crippen MR) is 133 cm³/mol. The summed E-state index contributed by atoms with van der Waals surface area (Å²) >= 11 is 0. The summed E-state index contributed by atoms with van der Waals surface area (Å²) in [7, 11) is 5.57. The van der Waals surface area contributed by atoms with Crippen LogP contribution in [0, 0.1) is 0 Å².